The lowest BCUT2D eigenvalue weighted by atomic mass is 10.2. The third-order valence-electron chi connectivity index (χ3n) is 5.66. The summed E-state index contributed by atoms with van der Waals surface area (Å²) < 4.78 is 29.3. The van der Waals surface area contributed by atoms with E-state index in [0.29, 0.717) is 16.7 Å². The van der Waals surface area contributed by atoms with Crippen molar-refractivity contribution >= 4 is 55.8 Å². The van der Waals surface area contributed by atoms with E-state index in [-0.39, 0.29) is 31.9 Å². The highest BCUT2D eigenvalue weighted by Crippen LogP contribution is 2.31. The molecule has 0 atom stereocenters. The van der Waals surface area contributed by atoms with Gasteiger partial charge in [-0.3, -0.25) is 18.9 Å². The first-order chi connectivity index (χ1) is 18.5. The van der Waals surface area contributed by atoms with Crippen LogP contribution in [0.5, 0.6) is 0 Å². The largest absolute Gasteiger partial charge is 0.480 e. The molecule has 0 saturated carbocycles. The highest BCUT2D eigenvalue weighted by Gasteiger charge is 2.28. The minimum Gasteiger partial charge on any atom is -0.480 e. The quantitative estimate of drug-likeness (QED) is 0.261. The van der Waals surface area contributed by atoms with Gasteiger partial charge in [0.2, 0.25) is 0 Å². The Hall–Kier alpha value is -4.46. The number of carboxylic acids is 1. The average Bonchev–Trinajstić information content (AvgIpc) is 3.30. The highest BCUT2D eigenvalue weighted by atomic mass is 35.5. The van der Waals surface area contributed by atoms with Crippen LogP contribution in [0.25, 0.3) is 28.0 Å². The molecule has 0 amide bonds. The van der Waals surface area contributed by atoms with Crippen molar-refractivity contribution < 1.29 is 18.3 Å². The number of nitrogens with zero attached hydrogens (tertiary/aromatic N) is 4. The third kappa shape index (κ3) is 5.14. The SMILES string of the molecule is O=C(O)CN(c1ccc2c(ccn2-c2cc(-c3c[nH]c(=O)[nH]c3=O)ncn2)c1)S(=O)(=O)c1cc(Cl)cc(Cl)c1. The molecule has 0 radical (unpaired) electrons. The number of carboxylic acid groups (broad SMARTS) is 1. The van der Waals surface area contributed by atoms with Crippen LogP contribution in [0.2, 0.25) is 10.0 Å². The van der Waals surface area contributed by atoms with Crippen LogP contribution in [-0.4, -0.2) is 50.5 Å². The van der Waals surface area contributed by atoms with Crippen LogP contribution in [0, 0.1) is 0 Å². The first-order valence-electron chi connectivity index (χ1n) is 11.0. The first kappa shape index (κ1) is 26.2. The Morgan fingerprint density at radius 3 is 2.46 bits per heavy atom. The van der Waals surface area contributed by atoms with Crippen LogP contribution < -0.4 is 15.6 Å². The molecule has 0 fully saturated rings. The maximum atomic E-state index is 13.4. The van der Waals surface area contributed by atoms with E-state index in [0.717, 1.165) is 4.31 Å². The number of anilines is 1. The van der Waals surface area contributed by atoms with Crippen molar-refractivity contribution in [2.24, 2.45) is 0 Å². The lowest BCUT2D eigenvalue weighted by Crippen LogP contribution is -2.35. The monoisotopic (exact) mass is 586 g/mol. The van der Waals surface area contributed by atoms with Crippen LogP contribution in [0.4, 0.5) is 5.69 Å². The van der Waals surface area contributed by atoms with Crippen molar-refractivity contribution in [3.05, 3.63) is 98.1 Å². The summed E-state index contributed by atoms with van der Waals surface area (Å²) in [6.45, 7) is -0.846. The zero-order valence-electron chi connectivity index (χ0n) is 19.5. The molecular formula is C24H16Cl2N6O6S. The van der Waals surface area contributed by atoms with E-state index in [1.165, 1.54) is 42.9 Å². The van der Waals surface area contributed by atoms with Gasteiger partial charge in [-0.15, -0.1) is 0 Å². The molecule has 5 rings (SSSR count). The molecular weight excluding hydrogens is 571 g/mol. The summed E-state index contributed by atoms with van der Waals surface area (Å²) >= 11 is 12.0. The van der Waals surface area contributed by atoms with Gasteiger partial charge in [0, 0.05) is 33.9 Å². The van der Waals surface area contributed by atoms with E-state index in [9.17, 15) is 27.9 Å². The summed E-state index contributed by atoms with van der Waals surface area (Å²) in [4.78, 5) is 47.8. The summed E-state index contributed by atoms with van der Waals surface area (Å²) in [5, 5.41) is 10.2. The fraction of sp³-hybridized carbons (Fsp3) is 0.0417. The van der Waals surface area contributed by atoms with Crippen molar-refractivity contribution in [2.75, 3.05) is 10.8 Å². The number of hydrogen-bond acceptors (Lipinski definition) is 7. The number of hydrogen-bond donors (Lipinski definition) is 3. The van der Waals surface area contributed by atoms with Crippen molar-refractivity contribution in [3.8, 4) is 17.1 Å². The van der Waals surface area contributed by atoms with E-state index in [2.05, 4.69) is 19.9 Å². The fourth-order valence-electron chi connectivity index (χ4n) is 3.95. The predicted molar refractivity (Wildman–Crippen MR) is 144 cm³/mol. The molecule has 0 saturated heterocycles. The van der Waals surface area contributed by atoms with Gasteiger partial charge < -0.3 is 14.7 Å². The smallest absolute Gasteiger partial charge is 0.325 e. The Morgan fingerprint density at radius 1 is 1.03 bits per heavy atom. The van der Waals surface area contributed by atoms with Crippen LogP contribution >= 0.6 is 23.2 Å². The standard InChI is InChI=1S/C24H16Cl2N6O6S/c25-14-6-15(26)8-17(7-14)39(37,38)32(11-22(33)34)16-1-2-20-13(5-16)3-4-31(20)21-9-19(28-12-29-21)18-10-27-24(36)30-23(18)35/h1-10,12H,11H2,(H,33,34)(H2,27,30,35,36). The first-order valence-corrected chi connectivity index (χ1v) is 13.2. The number of halogens is 2. The highest BCUT2D eigenvalue weighted by molar-refractivity contribution is 7.92. The molecule has 3 aromatic heterocycles. The summed E-state index contributed by atoms with van der Waals surface area (Å²) in [5.41, 5.74) is -0.171. The maximum Gasteiger partial charge on any atom is 0.325 e. The Bertz CT molecular complexity index is 1970. The third-order valence-corrected chi connectivity index (χ3v) is 7.85. The van der Waals surface area contributed by atoms with E-state index in [4.69, 9.17) is 23.2 Å². The van der Waals surface area contributed by atoms with Crippen molar-refractivity contribution in [3.63, 3.8) is 0 Å². The zero-order valence-corrected chi connectivity index (χ0v) is 21.8. The number of nitrogens with one attached hydrogen (secondary N) is 2. The van der Waals surface area contributed by atoms with Crippen molar-refractivity contribution in [1.29, 1.82) is 0 Å². The number of H-pyrrole nitrogens is 2. The number of carbonyl (C=O) groups is 1. The molecule has 198 valence electrons. The van der Waals surface area contributed by atoms with E-state index in [1.54, 1.807) is 29.0 Å². The molecule has 0 spiro atoms. The van der Waals surface area contributed by atoms with Crippen LogP contribution in [0.15, 0.2) is 81.7 Å². The molecule has 2 aromatic carbocycles. The normalized spacial score (nSPS) is 11.5. The van der Waals surface area contributed by atoms with Gasteiger partial charge in [0.05, 0.1) is 27.4 Å². The Kier molecular flexibility index (Phi) is 6.72. The van der Waals surface area contributed by atoms with Gasteiger partial charge >= 0.3 is 11.7 Å². The Balaban J connectivity index is 1.57. The van der Waals surface area contributed by atoms with Crippen LogP contribution in [0.3, 0.4) is 0 Å². The fourth-order valence-corrected chi connectivity index (χ4v) is 6.09. The maximum absolute atomic E-state index is 13.4. The molecule has 0 aliphatic rings. The van der Waals surface area contributed by atoms with Gasteiger partial charge in [-0.1, -0.05) is 23.2 Å². The molecule has 0 aliphatic heterocycles. The number of aromatic nitrogens is 5. The van der Waals surface area contributed by atoms with E-state index in [1.807, 2.05) is 0 Å². The molecule has 15 heteroatoms. The van der Waals surface area contributed by atoms with Crippen molar-refractivity contribution in [1.82, 2.24) is 24.5 Å². The number of sulfonamides is 1. The second-order valence-electron chi connectivity index (χ2n) is 8.19. The molecule has 3 heterocycles. The summed E-state index contributed by atoms with van der Waals surface area (Å²) in [6, 6.07) is 11.6. The van der Waals surface area contributed by atoms with E-state index < -0.39 is 33.8 Å². The summed E-state index contributed by atoms with van der Waals surface area (Å²) in [7, 11) is -4.35. The lowest BCUT2D eigenvalue weighted by Gasteiger charge is -2.23. The second-order valence-corrected chi connectivity index (χ2v) is 10.9. The second kappa shape index (κ2) is 10.0. The molecule has 5 aromatic rings. The lowest BCUT2D eigenvalue weighted by molar-refractivity contribution is -0.135. The zero-order chi connectivity index (χ0) is 27.9. The Labute approximate surface area is 229 Å². The minimum atomic E-state index is -4.35. The molecule has 0 unspecified atom stereocenters. The number of fused-ring (bicyclic) bond motifs is 1. The molecule has 39 heavy (non-hydrogen) atoms. The van der Waals surface area contributed by atoms with Crippen LogP contribution in [-0.2, 0) is 14.8 Å². The van der Waals surface area contributed by atoms with Gasteiger partial charge in [0.15, 0.2) is 0 Å². The van der Waals surface area contributed by atoms with Gasteiger partial charge in [-0.05, 0) is 42.5 Å². The summed E-state index contributed by atoms with van der Waals surface area (Å²) in [5.74, 6) is -0.980. The molecule has 0 aliphatic carbocycles. The summed E-state index contributed by atoms with van der Waals surface area (Å²) in [6.07, 6.45) is 4.18. The van der Waals surface area contributed by atoms with Crippen LogP contribution in [0.1, 0.15) is 0 Å². The van der Waals surface area contributed by atoms with Gasteiger partial charge in [0.25, 0.3) is 15.6 Å². The van der Waals surface area contributed by atoms with Gasteiger partial charge in [-0.2, -0.15) is 0 Å². The minimum absolute atomic E-state index is 0.0805. The van der Waals surface area contributed by atoms with Gasteiger partial charge in [-0.25, -0.2) is 23.2 Å². The molecule has 3 N–H and O–H groups in total. The number of aromatic amines is 2. The predicted octanol–water partition coefficient (Wildman–Crippen LogP) is 3.05. The number of benzene rings is 2. The number of rotatable bonds is 7. The van der Waals surface area contributed by atoms with Crippen molar-refractivity contribution in [2.45, 2.75) is 4.90 Å². The average molecular weight is 587 g/mol. The number of aliphatic carboxylic acids is 1. The Morgan fingerprint density at radius 2 is 1.77 bits per heavy atom. The van der Waals surface area contributed by atoms with Gasteiger partial charge in [0.1, 0.15) is 18.7 Å². The molecule has 12 nitrogen and oxygen atoms in total. The topological polar surface area (TPSA) is 171 Å². The molecule has 0 bridgehead atoms. The van der Waals surface area contributed by atoms with E-state index >= 15 is 0 Å².